The van der Waals surface area contributed by atoms with Gasteiger partial charge in [0.15, 0.2) is 0 Å². The Balaban J connectivity index is 2.62. The van der Waals surface area contributed by atoms with Gasteiger partial charge in [0.2, 0.25) is 0 Å². The molecule has 4 nitrogen and oxygen atoms in total. The lowest BCUT2D eigenvalue weighted by molar-refractivity contribution is -0.143. The summed E-state index contributed by atoms with van der Waals surface area (Å²) in [6, 6.07) is 3.68. The third-order valence-corrected chi connectivity index (χ3v) is 2.53. The van der Waals surface area contributed by atoms with Crippen molar-refractivity contribution in [2.75, 3.05) is 7.11 Å². The number of methoxy groups -OCH3 is 1. The highest BCUT2D eigenvalue weighted by molar-refractivity contribution is 5.75. The quantitative estimate of drug-likeness (QED) is 0.770. The number of pyridine rings is 1. The number of carbonyl (C=O) groups excluding carboxylic acids is 1. The van der Waals surface area contributed by atoms with E-state index in [4.69, 9.17) is 4.74 Å². The van der Waals surface area contributed by atoms with Gasteiger partial charge >= 0.3 is 5.97 Å². The standard InChI is InChI=1S/C12H18N2O2/c1-4-11(12(15)16-3)14-9(2)10-6-5-7-13-8-10/h5-9,11,14H,4H2,1-3H3/t9-,11?/m0/s1. The summed E-state index contributed by atoms with van der Waals surface area (Å²) in [5, 5.41) is 3.22. The summed E-state index contributed by atoms with van der Waals surface area (Å²) in [7, 11) is 1.40. The molecular formula is C12H18N2O2. The van der Waals surface area contributed by atoms with E-state index in [2.05, 4.69) is 10.3 Å². The molecule has 0 amide bonds. The van der Waals surface area contributed by atoms with Crippen molar-refractivity contribution < 1.29 is 9.53 Å². The summed E-state index contributed by atoms with van der Waals surface area (Å²) < 4.78 is 4.72. The molecular weight excluding hydrogens is 204 g/mol. The van der Waals surface area contributed by atoms with Crippen molar-refractivity contribution in [2.24, 2.45) is 0 Å². The molecule has 4 heteroatoms. The molecule has 0 fully saturated rings. The number of ether oxygens (including phenoxy) is 1. The zero-order valence-electron chi connectivity index (χ0n) is 9.93. The molecule has 0 bridgehead atoms. The molecule has 2 atom stereocenters. The predicted octanol–water partition coefficient (Wildman–Crippen LogP) is 1.68. The summed E-state index contributed by atoms with van der Waals surface area (Å²) in [5.74, 6) is -0.224. The van der Waals surface area contributed by atoms with Gasteiger partial charge in [-0.2, -0.15) is 0 Å². The predicted molar refractivity (Wildman–Crippen MR) is 61.9 cm³/mol. The van der Waals surface area contributed by atoms with E-state index < -0.39 is 0 Å². The van der Waals surface area contributed by atoms with Crippen LogP contribution in [0.5, 0.6) is 0 Å². The zero-order chi connectivity index (χ0) is 12.0. The fourth-order valence-electron chi connectivity index (χ4n) is 1.52. The van der Waals surface area contributed by atoms with E-state index in [0.29, 0.717) is 6.42 Å². The Labute approximate surface area is 96.0 Å². The lowest BCUT2D eigenvalue weighted by Gasteiger charge is -2.20. The first-order chi connectivity index (χ1) is 7.69. The Bertz CT molecular complexity index is 327. The fourth-order valence-corrected chi connectivity index (χ4v) is 1.52. The smallest absolute Gasteiger partial charge is 0.322 e. The van der Waals surface area contributed by atoms with E-state index in [1.54, 1.807) is 12.4 Å². The maximum Gasteiger partial charge on any atom is 0.322 e. The van der Waals surface area contributed by atoms with Gasteiger partial charge in [-0.05, 0) is 25.0 Å². The van der Waals surface area contributed by atoms with Crippen LogP contribution in [0.1, 0.15) is 31.9 Å². The third kappa shape index (κ3) is 3.31. The molecule has 88 valence electrons. The van der Waals surface area contributed by atoms with Gasteiger partial charge in [0.1, 0.15) is 6.04 Å². The highest BCUT2D eigenvalue weighted by Gasteiger charge is 2.19. The van der Waals surface area contributed by atoms with Crippen LogP contribution in [0.2, 0.25) is 0 Å². The Morgan fingerprint density at radius 1 is 1.62 bits per heavy atom. The Morgan fingerprint density at radius 3 is 2.88 bits per heavy atom. The first-order valence-corrected chi connectivity index (χ1v) is 5.42. The summed E-state index contributed by atoms with van der Waals surface area (Å²) >= 11 is 0. The van der Waals surface area contributed by atoms with Crippen molar-refractivity contribution in [2.45, 2.75) is 32.4 Å². The molecule has 1 aromatic rings. The highest BCUT2D eigenvalue weighted by Crippen LogP contribution is 2.12. The van der Waals surface area contributed by atoms with Gasteiger partial charge in [0.25, 0.3) is 0 Å². The average molecular weight is 222 g/mol. The Hall–Kier alpha value is -1.42. The number of carbonyl (C=O) groups is 1. The molecule has 0 aliphatic carbocycles. The molecule has 1 aromatic heterocycles. The summed E-state index contributed by atoms with van der Waals surface area (Å²) in [6.07, 6.45) is 4.23. The van der Waals surface area contributed by atoms with Crippen molar-refractivity contribution in [3.05, 3.63) is 30.1 Å². The first kappa shape index (κ1) is 12.6. The van der Waals surface area contributed by atoms with Crippen molar-refractivity contribution in [1.82, 2.24) is 10.3 Å². The molecule has 0 aliphatic rings. The molecule has 0 radical (unpaired) electrons. The molecule has 0 spiro atoms. The first-order valence-electron chi connectivity index (χ1n) is 5.42. The minimum Gasteiger partial charge on any atom is -0.468 e. The van der Waals surface area contributed by atoms with Gasteiger partial charge in [-0.1, -0.05) is 13.0 Å². The SMILES string of the molecule is CCC(N[C@@H](C)c1cccnc1)C(=O)OC. The number of hydrogen-bond acceptors (Lipinski definition) is 4. The van der Waals surface area contributed by atoms with E-state index in [1.165, 1.54) is 7.11 Å². The Morgan fingerprint density at radius 2 is 2.38 bits per heavy atom. The molecule has 0 aromatic carbocycles. The molecule has 1 unspecified atom stereocenters. The van der Waals surface area contributed by atoms with E-state index in [-0.39, 0.29) is 18.1 Å². The van der Waals surface area contributed by atoms with E-state index in [1.807, 2.05) is 26.0 Å². The van der Waals surface area contributed by atoms with Crippen molar-refractivity contribution in [3.8, 4) is 0 Å². The number of hydrogen-bond donors (Lipinski definition) is 1. The number of esters is 1. The highest BCUT2D eigenvalue weighted by atomic mass is 16.5. The van der Waals surface area contributed by atoms with Gasteiger partial charge in [0.05, 0.1) is 7.11 Å². The number of rotatable bonds is 5. The average Bonchev–Trinajstić information content (AvgIpc) is 2.35. The second kappa shape index (κ2) is 6.23. The van der Waals surface area contributed by atoms with Gasteiger partial charge in [-0.15, -0.1) is 0 Å². The molecule has 0 saturated heterocycles. The van der Waals surface area contributed by atoms with Crippen molar-refractivity contribution in [1.29, 1.82) is 0 Å². The minimum absolute atomic E-state index is 0.0812. The van der Waals surface area contributed by atoms with Crippen LogP contribution >= 0.6 is 0 Å². The fraction of sp³-hybridized carbons (Fsp3) is 0.500. The Kier molecular flexibility index (Phi) is 4.92. The van der Waals surface area contributed by atoms with Crippen LogP contribution in [-0.2, 0) is 9.53 Å². The third-order valence-electron chi connectivity index (χ3n) is 2.53. The number of nitrogens with zero attached hydrogens (tertiary/aromatic N) is 1. The minimum atomic E-state index is -0.264. The topological polar surface area (TPSA) is 51.2 Å². The number of nitrogens with one attached hydrogen (secondary N) is 1. The molecule has 1 rings (SSSR count). The van der Waals surface area contributed by atoms with Gasteiger partial charge < -0.3 is 4.74 Å². The summed E-state index contributed by atoms with van der Waals surface area (Å²) in [6.45, 7) is 3.95. The summed E-state index contributed by atoms with van der Waals surface area (Å²) in [4.78, 5) is 15.5. The maximum atomic E-state index is 11.4. The molecule has 1 N–H and O–H groups in total. The van der Waals surface area contributed by atoms with E-state index >= 15 is 0 Å². The van der Waals surface area contributed by atoms with Crippen LogP contribution < -0.4 is 5.32 Å². The summed E-state index contributed by atoms with van der Waals surface area (Å²) in [5.41, 5.74) is 1.06. The van der Waals surface area contributed by atoms with Crippen molar-refractivity contribution >= 4 is 5.97 Å². The lowest BCUT2D eigenvalue weighted by atomic mass is 10.1. The van der Waals surface area contributed by atoms with Crippen LogP contribution in [0.25, 0.3) is 0 Å². The molecule has 1 heterocycles. The van der Waals surface area contributed by atoms with Crippen LogP contribution in [0.15, 0.2) is 24.5 Å². The van der Waals surface area contributed by atoms with E-state index in [9.17, 15) is 4.79 Å². The normalized spacial score (nSPS) is 14.2. The van der Waals surface area contributed by atoms with E-state index in [0.717, 1.165) is 5.56 Å². The van der Waals surface area contributed by atoms with Crippen LogP contribution in [0, 0.1) is 0 Å². The molecule has 0 aliphatic heterocycles. The van der Waals surface area contributed by atoms with Crippen LogP contribution in [0.3, 0.4) is 0 Å². The van der Waals surface area contributed by atoms with Crippen LogP contribution in [-0.4, -0.2) is 24.1 Å². The second-order valence-electron chi connectivity index (χ2n) is 3.66. The number of aromatic nitrogens is 1. The lowest BCUT2D eigenvalue weighted by Crippen LogP contribution is -2.38. The monoisotopic (exact) mass is 222 g/mol. The maximum absolute atomic E-state index is 11.4. The van der Waals surface area contributed by atoms with Crippen LogP contribution in [0.4, 0.5) is 0 Å². The van der Waals surface area contributed by atoms with Gasteiger partial charge in [-0.3, -0.25) is 15.1 Å². The largest absolute Gasteiger partial charge is 0.468 e. The molecule has 0 saturated carbocycles. The van der Waals surface area contributed by atoms with Gasteiger partial charge in [0, 0.05) is 18.4 Å². The zero-order valence-corrected chi connectivity index (χ0v) is 9.93. The molecule has 16 heavy (non-hydrogen) atoms. The van der Waals surface area contributed by atoms with Crippen molar-refractivity contribution in [3.63, 3.8) is 0 Å². The van der Waals surface area contributed by atoms with Gasteiger partial charge in [-0.25, -0.2) is 0 Å². The second-order valence-corrected chi connectivity index (χ2v) is 3.66.